The lowest BCUT2D eigenvalue weighted by atomic mass is 9.99. The molecule has 8 nitrogen and oxygen atoms in total. The van der Waals surface area contributed by atoms with Gasteiger partial charge in [-0.05, 0) is 53.2 Å². The number of anilines is 1. The molecule has 0 radical (unpaired) electrons. The van der Waals surface area contributed by atoms with E-state index in [2.05, 4.69) is 10.1 Å². The maximum atomic E-state index is 14.2. The Hall–Kier alpha value is -5.31. The quantitative estimate of drug-likeness (QED) is 0.216. The summed E-state index contributed by atoms with van der Waals surface area (Å²) in [6, 6.07) is 21.7. The van der Waals surface area contributed by atoms with Crippen molar-refractivity contribution in [2.45, 2.75) is 6.61 Å². The number of carbonyl (C=O) groups is 4. The molecule has 4 amide bonds. The number of halogens is 1. The number of urea groups is 1. The number of barbiturate groups is 1. The zero-order chi connectivity index (χ0) is 27.5. The topological polar surface area (TPSA) is 102 Å². The molecule has 4 aromatic rings. The number of amides is 4. The average molecular weight is 525 g/mol. The number of ether oxygens (including phenoxy) is 2. The Morgan fingerprint density at radius 1 is 0.923 bits per heavy atom. The van der Waals surface area contributed by atoms with Crippen LogP contribution < -0.4 is 15.0 Å². The van der Waals surface area contributed by atoms with Crippen molar-refractivity contribution in [2.24, 2.45) is 0 Å². The number of benzene rings is 4. The monoisotopic (exact) mass is 524 g/mol. The second kappa shape index (κ2) is 10.6. The fourth-order valence-corrected chi connectivity index (χ4v) is 4.22. The molecule has 5 rings (SSSR count). The highest BCUT2D eigenvalue weighted by atomic mass is 19.1. The second-order valence-corrected chi connectivity index (χ2v) is 8.57. The summed E-state index contributed by atoms with van der Waals surface area (Å²) in [6.07, 6.45) is 1.36. The summed E-state index contributed by atoms with van der Waals surface area (Å²) in [7, 11) is 1.24. The summed E-state index contributed by atoms with van der Waals surface area (Å²) in [6.45, 7) is -0.0848. The number of nitrogens with zero attached hydrogens (tertiary/aromatic N) is 1. The van der Waals surface area contributed by atoms with Crippen LogP contribution in [0.3, 0.4) is 0 Å². The first-order chi connectivity index (χ1) is 18.9. The number of carbonyl (C=O) groups excluding carboxylic acids is 4. The zero-order valence-electron chi connectivity index (χ0n) is 20.6. The molecule has 0 unspecified atom stereocenters. The van der Waals surface area contributed by atoms with Crippen molar-refractivity contribution in [3.63, 3.8) is 0 Å². The van der Waals surface area contributed by atoms with E-state index in [1.165, 1.54) is 43.5 Å². The molecule has 9 heteroatoms. The summed E-state index contributed by atoms with van der Waals surface area (Å²) in [5.41, 5.74) is 0.822. The molecule has 1 aliphatic heterocycles. The molecule has 1 N–H and O–H groups in total. The van der Waals surface area contributed by atoms with Crippen LogP contribution in [0.4, 0.5) is 14.9 Å². The van der Waals surface area contributed by atoms with Crippen molar-refractivity contribution < 1.29 is 33.0 Å². The normalized spacial score (nSPS) is 14.5. The van der Waals surface area contributed by atoms with Gasteiger partial charge in [0, 0.05) is 11.1 Å². The first-order valence-electron chi connectivity index (χ1n) is 11.8. The lowest BCUT2D eigenvalue weighted by Crippen LogP contribution is -2.54. The standard InChI is InChI=1S/C30H21FN2O6/c1-38-29(36)19-10-13-21(14-11-19)33-28(35)24(27(34)32-30(33)37)16-23-22-8-4-2-6-18(22)12-15-26(23)39-17-20-7-3-5-9-25(20)31/h2-16H,17H2,1H3,(H,32,34,37)/b24-16+. The van der Waals surface area contributed by atoms with Crippen LogP contribution in [-0.2, 0) is 20.9 Å². The van der Waals surface area contributed by atoms with Gasteiger partial charge in [0.05, 0.1) is 18.4 Å². The van der Waals surface area contributed by atoms with E-state index in [0.29, 0.717) is 22.3 Å². The van der Waals surface area contributed by atoms with Gasteiger partial charge < -0.3 is 9.47 Å². The van der Waals surface area contributed by atoms with Crippen LogP contribution in [-0.4, -0.2) is 30.9 Å². The van der Waals surface area contributed by atoms with Crippen LogP contribution in [0.25, 0.3) is 16.8 Å². The van der Waals surface area contributed by atoms with Crippen LogP contribution in [0, 0.1) is 5.82 Å². The molecule has 1 aliphatic rings. The number of hydrogen-bond acceptors (Lipinski definition) is 6. The van der Waals surface area contributed by atoms with E-state index in [1.54, 1.807) is 36.4 Å². The van der Waals surface area contributed by atoms with Gasteiger partial charge in [-0.15, -0.1) is 0 Å². The number of hydrogen-bond donors (Lipinski definition) is 1. The Balaban J connectivity index is 1.55. The Morgan fingerprint density at radius 3 is 2.38 bits per heavy atom. The Bertz CT molecular complexity index is 1660. The van der Waals surface area contributed by atoms with Crippen molar-refractivity contribution >= 4 is 46.4 Å². The van der Waals surface area contributed by atoms with Gasteiger partial charge in [-0.3, -0.25) is 14.9 Å². The molecular weight excluding hydrogens is 503 g/mol. The number of esters is 1. The molecule has 1 heterocycles. The Labute approximate surface area is 222 Å². The predicted molar refractivity (Wildman–Crippen MR) is 141 cm³/mol. The largest absolute Gasteiger partial charge is 0.488 e. The summed E-state index contributed by atoms with van der Waals surface area (Å²) >= 11 is 0. The van der Waals surface area contributed by atoms with E-state index in [-0.39, 0.29) is 23.4 Å². The smallest absolute Gasteiger partial charge is 0.337 e. The van der Waals surface area contributed by atoms with Gasteiger partial charge in [0.25, 0.3) is 11.8 Å². The van der Waals surface area contributed by atoms with E-state index in [0.717, 1.165) is 10.3 Å². The number of imide groups is 2. The molecule has 194 valence electrons. The first kappa shape index (κ1) is 25.3. The summed E-state index contributed by atoms with van der Waals surface area (Å²) in [5.74, 6) is -2.42. The third-order valence-corrected chi connectivity index (χ3v) is 6.21. The van der Waals surface area contributed by atoms with Gasteiger partial charge in [0.2, 0.25) is 0 Å². The fourth-order valence-electron chi connectivity index (χ4n) is 4.22. The van der Waals surface area contributed by atoms with Crippen molar-refractivity contribution in [1.82, 2.24) is 5.32 Å². The fraction of sp³-hybridized carbons (Fsp3) is 0.0667. The Kier molecular flexibility index (Phi) is 6.88. The van der Waals surface area contributed by atoms with E-state index < -0.39 is 29.6 Å². The number of methoxy groups -OCH3 is 1. The van der Waals surface area contributed by atoms with Gasteiger partial charge in [-0.1, -0.05) is 48.5 Å². The van der Waals surface area contributed by atoms with Crippen molar-refractivity contribution in [3.8, 4) is 5.75 Å². The molecule has 0 saturated carbocycles. The van der Waals surface area contributed by atoms with Crippen molar-refractivity contribution in [2.75, 3.05) is 12.0 Å². The summed E-state index contributed by atoms with van der Waals surface area (Å²) in [4.78, 5) is 51.6. The molecular formula is C30H21FN2O6. The van der Waals surface area contributed by atoms with Crippen molar-refractivity contribution in [1.29, 1.82) is 0 Å². The van der Waals surface area contributed by atoms with Gasteiger partial charge in [0.1, 0.15) is 23.7 Å². The summed E-state index contributed by atoms with van der Waals surface area (Å²) in [5, 5.41) is 3.69. The highest BCUT2D eigenvalue weighted by molar-refractivity contribution is 6.39. The summed E-state index contributed by atoms with van der Waals surface area (Å²) < 4.78 is 24.8. The van der Waals surface area contributed by atoms with Crippen LogP contribution in [0.15, 0.2) is 90.5 Å². The predicted octanol–water partition coefficient (Wildman–Crippen LogP) is 5.01. The minimum Gasteiger partial charge on any atom is -0.488 e. The minimum atomic E-state index is -0.929. The lowest BCUT2D eigenvalue weighted by Gasteiger charge is -2.26. The lowest BCUT2D eigenvalue weighted by molar-refractivity contribution is -0.122. The van der Waals surface area contributed by atoms with Crippen LogP contribution >= 0.6 is 0 Å². The number of rotatable bonds is 6. The third kappa shape index (κ3) is 4.97. The molecule has 0 aliphatic carbocycles. The van der Waals surface area contributed by atoms with Gasteiger partial charge in [-0.2, -0.15) is 0 Å². The first-order valence-corrected chi connectivity index (χ1v) is 11.8. The van der Waals surface area contributed by atoms with E-state index in [4.69, 9.17) is 4.74 Å². The molecule has 4 aromatic carbocycles. The van der Waals surface area contributed by atoms with Crippen LogP contribution in [0.2, 0.25) is 0 Å². The minimum absolute atomic E-state index is 0.0848. The third-order valence-electron chi connectivity index (χ3n) is 6.21. The van der Waals surface area contributed by atoms with Gasteiger partial charge >= 0.3 is 12.0 Å². The van der Waals surface area contributed by atoms with E-state index >= 15 is 0 Å². The molecule has 39 heavy (non-hydrogen) atoms. The zero-order valence-corrected chi connectivity index (χ0v) is 20.6. The molecule has 0 bridgehead atoms. The molecule has 1 fully saturated rings. The molecule has 0 aromatic heterocycles. The molecule has 0 spiro atoms. The highest BCUT2D eigenvalue weighted by Gasteiger charge is 2.37. The Morgan fingerprint density at radius 2 is 1.64 bits per heavy atom. The maximum Gasteiger partial charge on any atom is 0.337 e. The van der Waals surface area contributed by atoms with Crippen molar-refractivity contribution in [3.05, 3.63) is 113 Å². The second-order valence-electron chi connectivity index (χ2n) is 8.57. The maximum absolute atomic E-state index is 14.2. The highest BCUT2D eigenvalue weighted by Crippen LogP contribution is 2.32. The number of fused-ring (bicyclic) bond motifs is 1. The van der Waals surface area contributed by atoms with E-state index in [9.17, 15) is 23.6 Å². The van der Waals surface area contributed by atoms with E-state index in [1.807, 2.05) is 18.2 Å². The average Bonchev–Trinajstić information content (AvgIpc) is 2.95. The SMILES string of the molecule is COC(=O)c1ccc(N2C(=O)NC(=O)/C(=C\c3c(OCc4ccccc4F)ccc4ccccc34)C2=O)cc1. The van der Waals surface area contributed by atoms with Crippen LogP contribution in [0.1, 0.15) is 21.5 Å². The van der Waals surface area contributed by atoms with Gasteiger partial charge in [-0.25, -0.2) is 18.9 Å². The van der Waals surface area contributed by atoms with Gasteiger partial charge in [0.15, 0.2) is 0 Å². The number of nitrogens with one attached hydrogen (secondary N) is 1. The van der Waals surface area contributed by atoms with Crippen LogP contribution in [0.5, 0.6) is 5.75 Å². The molecule has 1 saturated heterocycles. The molecule has 0 atom stereocenters.